The molecule has 1 aliphatic rings. The van der Waals surface area contributed by atoms with Crippen molar-refractivity contribution in [1.29, 1.82) is 0 Å². The van der Waals surface area contributed by atoms with Crippen molar-refractivity contribution in [2.24, 2.45) is 10.9 Å². The highest BCUT2D eigenvalue weighted by Crippen LogP contribution is 2.15. The highest BCUT2D eigenvalue weighted by atomic mass is 127. The van der Waals surface area contributed by atoms with E-state index in [2.05, 4.69) is 46.5 Å². The molecule has 0 saturated carbocycles. The largest absolute Gasteiger partial charge is 0.379 e. The molecule has 0 aliphatic carbocycles. The van der Waals surface area contributed by atoms with Crippen LogP contribution in [0.25, 0.3) is 0 Å². The predicted molar refractivity (Wildman–Crippen MR) is 127 cm³/mol. The summed E-state index contributed by atoms with van der Waals surface area (Å²) in [5, 5.41) is 6.91. The summed E-state index contributed by atoms with van der Waals surface area (Å²) in [7, 11) is 3.55. The topological polar surface area (TPSA) is 58.1 Å². The number of methoxy groups -OCH3 is 1. The molecular weight excluding hydrogens is 467 g/mol. The van der Waals surface area contributed by atoms with E-state index in [1.165, 1.54) is 0 Å². The van der Waals surface area contributed by atoms with Gasteiger partial charge in [-0.15, -0.1) is 24.0 Å². The molecule has 2 rings (SSSR count). The standard InChI is InChI=1S/C21H36N4O2.HI/c1-17(2)14-19(25-10-12-27-13-11-25)15-23-21(22-3)24-16-20(26-4)18-8-6-5-7-9-18;/h5-9,17,19-20H,10-16H2,1-4H3,(H2,22,23,24);1H. The average Bonchev–Trinajstić information content (AvgIpc) is 2.70. The molecule has 28 heavy (non-hydrogen) atoms. The molecule has 7 heteroatoms. The Morgan fingerprint density at radius 1 is 1.14 bits per heavy atom. The first-order valence-electron chi connectivity index (χ1n) is 9.98. The second-order valence-electron chi connectivity index (χ2n) is 7.40. The van der Waals surface area contributed by atoms with Gasteiger partial charge in [-0.1, -0.05) is 44.2 Å². The number of guanidine groups is 1. The van der Waals surface area contributed by atoms with Crippen LogP contribution < -0.4 is 10.6 Å². The molecule has 0 bridgehead atoms. The molecule has 1 aliphatic heterocycles. The van der Waals surface area contributed by atoms with Crippen molar-refractivity contribution in [3.05, 3.63) is 35.9 Å². The molecule has 1 heterocycles. The number of rotatable bonds is 9. The van der Waals surface area contributed by atoms with E-state index in [0.717, 1.165) is 50.8 Å². The summed E-state index contributed by atoms with van der Waals surface area (Å²) in [5.41, 5.74) is 1.16. The normalized spacial score (nSPS) is 17.7. The number of nitrogens with one attached hydrogen (secondary N) is 2. The van der Waals surface area contributed by atoms with Gasteiger partial charge in [0.25, 0.3) is 0 Å². The molecule has 0 amide bonds. The molecule has 2 N–H and O–H groups in total. The van der Waals surface area contributed by atoms with Crippen molar-refractivity contribution in [2.75, 3.05) is 53.6 Å². The van der Waals surface area contributed by atoms with Gasteiger partial charge in [-0.05, 0) is 17.9 Å². The fraction of sp³-hybridized carbons (Fsp3) is 0.667. The van der Waals surface area contributed by atoms with Gasteiger partial charge in [-0.2, -0.15) is 0 Å². The van der Waals surface area contributed by atoms with Crippen LogP contribution >= 0.6 is 24.0 Å². The van der Waals surface area contributed by atoms with Crippen LogP contribution in [0.5, 0.6) is 0 Å². The minimum Gasteiger partial charge on any atom is -0.379 e. The van der Waals surface area contributed by atoms with Gasteiger partial charge < -0.3 is 20.1 Å². The molecule has 2 unspecified atom stereocenters. The minimum absolute atomic E-state index is 0. The Labute approximate surface area is 187 Å². The zero-order valence-corrected chi connectivity index (χ0v) is 20.0. The zero-order chi connectivity index (χ0) is 19.5. The number of hydrogen-bond donors (Lipinski definition) is 2. The molecule has 1 fully saturated rings. The Bertz CT molecular complexity index is 551. The van der Waals surface area contributed by atoms with E-state index in [1.54, 1.807) is 7.11 Å². The maximum Gasteiger partial charge on any atom is 0.191 e. The molecule has 0 aromatic heterocycles. The molecule has 1 saturated heterocycles. The third-order valence-electron chi connectivity index (χ3n) is 4.95. The summed E-state index contributed by atoms with van der Waals surface area (Å²) >= 11 is 0. The average molecular weight is 504 g/mol. The summed E-state index contributed by atoms with van der Waals surface area (Å²) < 4.78 is 11.1. The van der Waals surface area contributed by atoms with E-state index in [0.29, 0.717) is 18.5 Å². The van der Waals surface area contributed by atoms with Gasteiger partial charge in [-0.3, -0.25) is 9.89 Å². The fourth-order valence-electron chi connectivity index (χ4n) is 3.48. The first kappa shape index (κ1) is 25.1. The molecule has 160 valence electrons. The number of morpholine rings is 1. The van der Waals surface area contributed by atoms with Crippen LogP contribution in [0.2, 0.25) is 0 Å². The maximum absolute atomic E-state index is 5.64. The number of benzene rings is 1. The second kappa shape index (κ2) is 14.1. The monoisotopic (exact) mass is 504 g/mol. The lowest BCUT2D eigenvalue weighted by molar-refractivity contribution is 0.0132. The summed E-state index contributed by atoms with van der Waals surface area (Å²) in [6, 6.07) is 10.7. The molecule has 1 aromatic carbocycles. The lowest BCUT2D eigenvalue weighted by atomic mass is 10.0. The van der Waals surface area contributed by atoms with E-state index >= 15 is 0 Å². The summed E-state index contributed by atoms with van der Waals surface area (Å²) in [5.74, 6) is 1.47. The number of halogens is 1. The van der Waals surface area contributed by atoms with Gasteiger partial charge in [0.05, 0.1) is 19.3 Å². The number of ether oxygens (including phenoxy) is 2. The number of nitrogens with zero attached hydrogens (tertiary/aromatic N) is 2. The van der Waals surface area contributed by atoms with E-state index in [9.17, 15) is 0 Å². The van der Waals surface area contributed by atoms with Crippen LogP contribution in [0.3, 0.4) is 0 Å². The lowest BCUT2D eigenvalue weighted by Crippen LogP contribution is -2.51. The van der Waals surface area contributed by atoms with Gasteiger partial charge in [0.2, 0.25) is 0 Å². The summed E-state index contributed by atoms with van der Waals surface area (Å²) in [6.45, 7) is 9.78. The third-order valence-corrected chi connectivity index (χ3v) is 4.95. The van der Waals surface area contributed by atoms with Gasteiger partial charge >= 0.3 is 0 Å². The molecule has 1 aromatic rings. The van der Waals surface area contributed by atoms with Gasteiger partial charge in [-0.25, -0.2) is 0 Å². The smallest absolute Gasteiger partial charge is 0.191 e. The first-order valence-corrected chi connectivity index (χ1v) is 9.98. The fourth-order valence-corrected chi connectivity index (χ4v) is 3.48. The van der Waals surface area contributed by atoms with Gasteiger partial charge in [0.1, 0.15) is 0 Å². The molecule has 6 nitrogen and oxygen atoms in total. The third kappa shape index (κ3) is 8.63. The molecule has 0 spiro atoms. The lowest BCUT2D eigenvalue weighted by Gasteiger charge is -2.35. The van der Waals surface area contributed by atoms with E-state index in [4.69, 9.17) is 9.47 Å². The van der Waals surface area contributed by atoms with Crippen LogP contribution in [0, 0.1) is 5.92 Å². The van der Waals surface area contributed by atoms with Gasteiger partial charge in [0.15, 0.2) is 5.96 Å². The molecule has 0 radical (unpaired) electrons. The van der Waals surface area contributed by atoms with Crippen molar-refractivity contribution in [3.8, 4) is 0 Å². The van der Waals surface area contributed by atoms with Crippen molar-refractivity contribution in [3.63, 3.8) is 0 Å². The summed E-state index contributed by atoms with van der Waals surface area (Å²) in [4.78, 5) is 6.91. The quantitative estimate of drug-likeness (QED) is 0.308. The van der Waals surface area contributed by atoms with Crippen LogP contribution in [-0.4, -0.2) is 70.5 Å². The van der Waals surface area contributed by atoms with Crippen LogP contribution in [0.15, 0.2) is 35.3 Å². The first-order chi connectivity index (χ1) is 13.1. The SMILES string of the molecule is CN=C(NCC(OC)c1ccccc1)NCC(CC(C)C)N1CCOCC1.I. The van der Waals surface area contributed by atoms with Crippen molar-refractivity contribution in [1.82, 2.24) is 15.5 Å². The number of aliphatic imine (C=N–C) groups is 1. The minimum atomic E-state index is -0.00421. The maximum atomic E-state index is 5.64. The second-order valence-corrected chi connectivity index (χ2v) is 7.40. The van der Waals surface area contributed by atoms with Crippen LogP contribution in [-0.2, 0) is 9.47 Å². The van der Waals surface area contributed by atoms with E-state index in [1.807, 2.05) is 25.2 Å². The Kier molecular flexibility index (Phi) is 12.7. The van der Waals surface area contributed by atoms with E-state index < -0.39 is 0 Å². The van der Waals surface area contributed by atoms with Gasteiger partial charge in [0, 0.05) is 46.4 Å². The Morgan fingerprint density at radius 2 is 1.79 bits per heavy atom. The summed E-state index contributed by atoms with van der Waals surface area (Å²) in [6.07, 6.45) is 1.16. The van der Waals surface area contributed by atoms with Crippen LogP contribution in [0.1, 0.15) is 31.9 Å². The molecular formula is C21H37IN4O2. The highest BCUT2D eigenvalue weighted by Gasteiger charge is 2.22. The Morgan fingerprint density at radius 3 is 2.36 bits per heavy atom. The van der Waals surface area contributed by atoms with Crippen molar-refractivity contribution >= 4 is 29.9 Å². The van der Waals surface area contributed by atoms with E-state index in [-0.39, 0.29) is 30.1 Å². The predicted octanol–water partition coefficient (Wildman–Crippen LogP) is 2.90. The zero-order valence-electron chi connectivity index (χ0n) is 17.7. The number of hydrogen-bond acceptors (Lipinski definition) is 4. The van der Waals surface area contributed by atoms with Crippen LogP contribution in [0.4, 0.5) is 0 Å². The Hall–Kier alpha value is -0.900. The van der Waals surface area contributed by atoms with Crippen molar-refractivity contribution in [2.45, 2.75) is 32.4 Å². The molecule has 2 atom stereocenters. The Balaban J connectivity index is 0.00000392. The highest BCUT2D eigenvalue weighted by molar-refractivity contribution is 14.0. The van der Waals surface area contributed by atoms with Crippen molar-refractivity contribution < 1.29 is 9.47 Å².